The molecule has 0 aromatic heterocycles. The predicted molar refractivity (Wildman–Crippen MR) is 86.2 cm³/mol. The largest absolute Gasteiger partial charge is 0.489 e. The molecule has 0 spiro atoms. The van der Waals surface area contributed by atoms with Crippen molar-refractivity contribution in [2.24, 2.45) is 5.73 Å². The first-order valence-corrected chi connectivity index (χ1v) is 8.48. The van der Waals surface area contributed by atoms with Crippen LogP contribution in [0.15, 0.2) is 53.4 Å². The molecule has 0 amide bonds. The van der Waals surface area contributed by atoms with Gasteiger partial charge in [0.05, 0.1) is 4.90 Å². The van der Waals surface area contributed by atoms with Crippen LogP contribution < -0.4 is 10.5 Å². The summed E-state index contributed by atoms with van der Waals surface area (Å²) in [6, 6.07) is 13.8. The summed E-state index contributed by atoms with van der Waals surface area (Å²) in [5, 5.41) is 0. The van der Waals surface area contributed by atoms with Crippen LogP contribution in [0.1, 0.15) is 11.1 Å². The Morgan fingerprint density at radius 3 is 2.43 bits per heavy atom. The molecule has 2 N–H and O–H groups in total. The molecule has 110 valence electrons. The topological polar surface area (TPSA) is 69.4 Å². The number of hydrogen-bond donors (Lipinski definition) is 1. The fraction of sp³-hybridized carbons (Fsp3) is 0.133. The molecule has 0 atom stereocenters. The van der Waals surface area contributed by atoms with Crippen molar-refractivity contribution in [1.29, 1.82) is 0 Å². The van der Waals surface area contributed by atoms with Gasteiger partial charge < -0.3 is 10.5 Å². The maximum Gasteiger partial charge on any atom is 0.175 e. The third kappa shape index (κ3) is 4.27. The summed E-state index contributed by atoms with van der Waals surface area (Å²) in [5.74, 6) is 0.600. The van der Waals surface area contributed by atoms with Crippen LogP contribution in [0.2, 0.25) is 0 Å². The number of ether oxygens (including phenoxy) is 1. The van der Waals surface area contributed by atoms with Gasteiger partial charge in [0.15, 0.2) is 9.84 Å². The third-order valence-electron chi connectivity index (χ3n) is 2.87. The number of hydrogen-bond acceptors (Lipinski definition) is 4. The van der Waals surface area contributed by atoms with Gasteiger partial charge in [0.2, 0.25) is 0 Å². The Labute approximate surface area is 129 Å². The molecule has 0 unspecified atom stereocenters. The van der Waals surface area contributed by atoms with E-state index in [9.17, 15) is 8.42 Å². The van der Waals surface area contributed by atoms with Gasteiger partial charge in [-0.25, -0.2) is 8.42 Å². The summed E-state index contributed by atoms with van der Waals surface area (Å²) in [5.41, 5.74) is 7.31. The molecule has 2 rings (SSSR count). The molecule has 0 saturated carbocycles. The Bertz CT molecular complexity index is 753. The zero-order chi connectivity index (χ0) is 15.5. The fourth-order valence-corrected chi connectivity index (χ4v) is 2.52. The molecule has 0 aliphatic carbocycles. The third-order valence-corrected chi connectivity index (χ3v) is 4.23. The van der Waals surface area contributed by atoms with Crippen molar-refractivity contribution in [2.75, 3.05) is 6.26 Å². The van der Waals surface area contributed by atoms with Crippen LogP contribution in [0, 0.1) is 0 Å². The lowest BCUT2D eigenvalue weighted by molar-refractivity contribution is 0.306. The smallest absolute Gasteiger partial charge is 0.175 e. The summed E-state index contributed by atoms with van der Waals surface area (Å²) < 4.78 is 28.3. The number of nitrogens with two attached hydrogens (primary N) is 1. The first kappa shape index (κ1) is 15.5. The Hall–Kier alpha value is -1.92. The van der Waals surface area contributed by atoms with E-state index in [1.54, 1.807) is 12.1 Å². The van der Waals surface area contributed by atoms with Crippen molar-refractivity contribution in [2.45, 2.75) is 11.5 Å². The number of thiocarbonyl (C=S) groups is 1. The molecular formula is C15H15NO3S2. The Morgan fingerprint density at radius 2 is 1.86 bits per heavy atom. The summed E-state index contributed by atoms with van der Waals surface area (Å²) in [6.45, 7) is 0.356. The minimum Gasteiger partial charge on any atom is -0.489 e. The van der Waals surface area contributed by atoms with E-state index in [2.05, 4.69) is 0 Å². The highest BCUT2D eigenvalue weighted by atomic mass is 32.2. The van der Waals surface area contributed by atoms with Gasteiger partial charge in [-0.1, -0.05) is 30.4 Å². The van der Waals surface area contributed by atoms with Crippen molar-refractivity contribution in [3.8, 4) is 5.75 Å². The minimum absolute atomic E-state index is 0.269. The van der Waals surface area contributed by atoms with Gasteiger partial charge in [-0.15, -0.1) is 0 Å². The quantitative estimate of drug-likeness (QED) is 0.856. The summed E-state index contributed by atoms with van der Waals surface area (Å²) in [4.78, 5) is 0.611. The molecule has 0 heterocycles. The van der Waals surface area contributed by atoms with Crippen LogP contribution in [0.4, 0.5) is 0 Å². The molecule has 0 bridgehead atoms. The van der Waals surface area contributed by atoms with E-state index < -0.39 is 9.84 Å². The van der Waals surface area contributed by atoms with E-state index in [1.807, 2.05) is 24.3 Å². The lowest BCUT2D eigenvalue weighted by Crippen LogP contribution is -2.09. The maximum atomic E-state index is 11.4. The minimum atomic E-state index is -3.19. The highest BCUT2D eigenvalue weighted by Gasteiger charge is 2.06. The Balaban J connectivity index is 2.06. The van der Waals surface area contributed by atoms with Crippen molar-refractivity contribution in [1.82, 2.24) is 0 Å². The van der Waals surface area contributed by atoms with Crippen molar-refractivity contribution in [3.05, 3.63) is 59.7 Å². The summed E-state index contributed by atoms with van der Waals surface area (Å²) in [6.07, 6.45) is 1.17. The van der Waals surface area contributed by atoms with E-state index >= 15 is 0 Å². The van der Waals surface area contributed by atoms with Crippen LogP contribution in [-0.4, -0.2) is 19.7 Å². The Morgan fingerprint density at radius 1 is 1.19 bits per heavy atom. The molecule has 6 heteroatoms. The van der Waals surface area contributed by atoms with E-state index in [0.717, 1.165) is 11.1 Å². The first-order valence-electron chi connectivity index (χ1n) is 6.18. The van der Waals surface area contributed by atoms with Gasteiger partial charge in [0.1, 0.15) is 17.3 Å². The molecule has 4 nitrogen and oxygen atoms in total. The van der Waals surface area contributed by atoms with Crippen LogP contribution in [0.3, 0.4) is 0 Å². The molecule has 2 aromatic carbocycles. The number of benzene rings is 2. The SMILES string of the molecule is CS(=O)(=O)c1ccc(OCc2cccc(C(N)=S)c2)cc1. The molecule has 0 fully saturated rings. The molecule has 0 radical (unpaired) electrons. The van der Waals surface area contributed by atoms with Crippen molar-refractivity contribution in [3.63, 3.8) is 0 Å². The molecule has 0 aliphatic heterocycles. The van der Waals surface area contributed by atoms with Crippen LogP contribution in [0.25, 0.3) is 0 Å². The predicted octanol–water partition coefficient (Wildman–Crippen LogP) is 2.30. The summed E-state index contributed by atoms with van der Waals surface area (Å²) >= 11 is 4.93. The molecule has 2 aromatic rings. The van der Waals surface area contributed by atoms with Crippen molar-refractivity contribution >= 4 is 27.0 Å². The molecule has 0 aliphatic rings. The van der Waals surface area contributed by atoms with E-state index in [0.29, 0.717) is 17.3 Å². The van der Waals surface area contributed by atoms with Gasteiger partial charge in [-0.2, -0.15) is 0 Å². The zero-order valence-electron chi connectivity index (χ0n) is 11.4. The monoisotopic (exact) mass is 321 g/mol. The second-order valence-corrected chi connectivity index (χ2v) is 7.05. The molecular weight excluding hydrogens is 306 g/mol. The first-order chi connectivity index (χ1) is 9.86. The summed E-state index contributed by atoms with van der Waals surface area (Å²) in [7, 11) is -3.19. The Kier molecular flexibility index (Phi) is 4.59. The van der Waals surface area contributed by atoms with Gasteiger partial charge in [-0.3, -0.25) is 0 Å². The van der Waals surface area contributed by atoms with E-state index in [1.165, 1.54) is 18.4 Å². The van der Waals surface area contributed by atoms with Gasteiger partial charge in [-0.05, 0) is 35.9 Å². The van der Waals surface area contributed by atoms with Crippen LogP contribution in [0.5, 0.6) is 5.75 Å². The van der Waals surface area contributed by atoms with Gasteiger partial charge >= 0.3 is 0 Å². The highest BCUT2D eigenvalue weighted by molar-refractivity contribution is 7.90. The lowest BCUT2D eigenvalue weighted by Gasteiger charge is -2.08. The van der Waals surface area contributed by atoms with Crippen LogP contribution in [-0.2, 0) is 16.4 Å². The second kappa shape index (κ2) is 6.24. The highest BCUT2D eigenvalue weighted by Crippen LogP contribution is 2.17. The lowest BCUT2D eigenvalue weighted by atomic mass is 10.1. The average molecular weight is 321 g/mol. The molecule has 0 saturated heterocycles. The van der Waals surface area contributed by atoms with E-state index in [-0.39, 0.29) is 4.90 Å². The standard InChI is InChI=1S/C15H15NO3S2/c1-21(17,18)14-7-5-13(6-8-14)19-10-11-3-2-4-12(9-11)15(16)20/h2-9H,10H2,1H3,(H2,16,20). The van der Waals surface area contributed by atoms with Crippen molar-refractivity contribution < 1.29 is 13.2 Å². The van der Waals surface area contributed by atoms with E-state index in [4.69, 9.17) is 22.7 Å². The number of sulfone groups is 1. The van der Waals surface area contributed by atoms with Gasteiger partial charge in [0, 0.05) is 11.8 Å². The van der Waals surface area contributed by atoms with Crippen LogP contribution >= 0.6 is 12.2 Å². The maximum absolute atomic E-state index is 11.4. The second-order valence-electron chi connectivity index (χ2n) is 4.60. The van der Waals surface area contributed by atoms with Gasteiger partial charge in [0.25, 0.3) is 0 Å². The fourth-order valence-electron chi connectivity index (χ4n) is 1.76. The average Bonchev–Trinajstić information content (AvgIpc) is 2.45. The normalized spacial score (nSPS) is 11.1. The number of rotatable bonds is 5. The molecule has 21 heavy (non-hydrogen) atoms. The zero-order valence-corrected chi connectivity index (χ0v) is 13.1.